The van der Waals surface area contributed by atoms with Crippen molar-refractivity contribution in [3.8, 4) is 0 Å². The van der Waals surface area contributed by atoms with Crippen LogP contribution in [0.5, 0.6) is 0 Å². The molecule has 3 heteroatoms. The summed E-state index contributed by atoms with van der Waals surface area (Å²) in [5, 5.41) is 0.552. The maximum Gasteiger partial charge on any atom is 0.123 e. The zero-order valence-corrected chi connectivity index (χ0v) is 12.1. The summed E-state index contributed by atoms with van der Waals surface area (Å²) in [5.74, 6) is -0.183. The number of thioether (sulfide) groups is 1. The van der Waals surface area contributed by atoms with Crippen LogP contribution in [0.2, 0.25) is 0 Å². The highest BCUT2D eigenvalue weighted by atomic mass is 32.2. The molecule has 0 fully saturated rings. The average molecular weight is 287 g/mol. The lowest BCUT2D eigenvalue weighted by atomic mass is 9.99. The summed E-state index contributed by atoms with van der Waals surface area (Å²) in [4.78, 5) is 1.38. The van der Waals surface area contributed by atoms with E-state index in [9.17, 15) is 4.39 Å². The summed E-state index contributed by atoms with van der Waals surface area (Å²) in [6.45, 7) is 0. The first-order chi connectivity index (χ1) is 9.70. The quantitative estimate of drug-likeness (QED) is 0.925. The number of hydrogen-bond donors (Lipinski definition) is 1. The molecule has 0 spiro atoms. The van der Waals surface area contributed by atoms with Gasteiger partial charge in [-0.3, -0.25) is 0 Å². The van der Waals surface area contributed by atoms with Gasteiger partial charge in [-0.05, 0) is 48.6 Å². The molecular weight excluding hydrogens is 269 g/mol. The van der Waals surface area contributed by atoms with Crippen molar-refractivity contribution >= 4 is 11.8 Å². The van der Waals surface area contributed by atoms with E-state index < -0.39 is 0 Å². The molecular formula is C17H18FNS. The summed E-state index contributed by atoms with van der Waals surface area (Å²) in [7, 11) is 0. The SMILES string of the molecule is NC(Cc1cccc(F)c1)CC1Cc2ccccc2S1. The third kappa shape index (κ3) is 3.22. The van der Waals surface area contributed by atoms with Crippen LogP contribution < -0.4 is 5.73 Å². The molecule has 0 saturated heterocycles. The normalized spacial score (nSPS) is 18.8. The van der Waals surface area contributed by atoms with E-state index in [0.717, 1.165) is 24.8 Å². The minimum Gasteiger partial charge on any atom is -0.327 e. The Morgan fingerprint density at radius 2 is 2.05 bits per heavy atom. The van der Waals surface area contributed by atoms with Crippen LogP contribution >= 0.6 is 11.8 Å². The molecule has 2 aromatic carbocycles. The van der Waals surface area contributed by atoms with Gasteiger partial charge in [0.05, 0.1) is 0 Å². The molecule has 0 amide bonds. The Morgan fingerprint density at radius 1 is 1.20 bits per heavy atom. The van der Waals surface area contributed by atoms with E-state index in [2.05, 4.69) is 24.3 Å². The number of fused-ring (bicyclic) bond motifs is 1. The molecule has 104 valence electrons. The van der Waals surface area contributed by atoms with Crippen molar-refractivity contribution in [3.63, 3.8) is 0 Å². The van der Waals surface area contributed by atoms with Crippen molar-refractivity contribution in [2.24, 2.45) is 5.73 Å². The van der Waals surface area contributed by atoms with E-state index in [0.29, 0.717) is 5.25 Å². The molecule has 3 rings (SSSR count). The van der Waals surface area contributed by atoms with Crippen LogP contribution in [0.25, 0.3) is 0 Å². The zero-order chi connectivity index (χ0) is 13.9. The number of benzene rings is 2. The lowest BCUT2D eigenvalue weighted by Crippen LogP contribution is -2.27. The van der Waals surface area contributed by atoms with E-state index >= 15 is 0 Å². The van der Waals surface area contributed by atoms with Crippen molar-refractivity contribution < 1.29 is 4.39 Å². The minimum absolute atomic E-state index is 0.0867. The average Bonchev–Trinajstić information content (AvgIpc) is 2.80. The minimum atomic E-state index is -0.183. The third-order valence-electron chi connectivity index (χ3n) is 3.67. The predicted octanol–water partition coefficient (Wildman–Crippen LogP) is 3.80. The Balaban J connectivity index is 1.57. The second kappa shape index (κ2) is 5.98. The molecule has 2 aromatic rings. The number of rotatable bonds is 4. The Labute approximate surface area is 123 Å². The number of halogens is 1. The molecule has 0 saturated carbocycles. The Morgan fingerprint density at radius 3 is 2.85 bits per heavy atom. The van der Waals surface area contributed by atoms with Gasteiger partial charge in [0.25, 0.3) is 0 Å². The van der Waals surface area contributed by atoms with Gasteiger partial charge in [-0.1, -0.05) is 30.3 Å². The van der Waals surface area contributed by atoms with Gasteiger partial charge in [0.15, 0.2) is 0 Å². The van der Waals surface area contributed by atoms with E-state index in [1.807, 2.05) is 17.8 Å². The summed E-state index contributed by atoms with van der Waals surface area (Å²) in [5.41, 5.74) is 8.65. The van der Waals surface area contributed by atoms with Gasteiger partial charge in [0, 0.05) is 16.2 Å². The topological polar surface area (TPSA) is 26.0 Å². The van der Waals surface area contributed by atoms with Crippen LogP contribution in [0.4, 0.5) is 4.39 Å². The lowest BCUT2D eigenvalue weighted by Gasteiger charge is -2.16. The fourth-order valence-electron chi connectivity index (χ4n) is 2.77. The molecule has 1 nitrogen and oxygen atoms in total. The zero-order valence-electron chi connectivity index (χ0n) is 11.3. The van der Waals surface area contributed by atoms with Crippen molar-refractivity contribution in [1.82, 2.24) is 0 Å². The van der Waals surface area contributed by atoms with E-state index in [1.54, 1.807) is 12.1 Å². The molecule has 2 unspecified atom stereocenters. The maximum absolute atomic E-state index is 13.2. The lowest BCUT2D eigenvalue weighted by molar-refractivity contribution is 0.587. The fraction of sp³-hybridized carbons (Fsp3) is 0.294. The smallest absolute Gasteiger partial charge is 0.123 e. The van der Waals surface area contributed by atoms with Gasteiger partial charge in [-0.25, -0.2) is 4.39 Å². The van der Waals surface area contributed by atoms with Crippen molar-refractivity contribution in [3.05, 3.63) is 65.5 Å². The van der Waals surface area contributed by atoms with Crippen LogP contribution in [-0.4, -0.2) is 11.3 Å². The second-order valence-corrected chi connectivity index (χ2v) is 6.72. The first-order valence-electron chi connectivity index (χ1n) is 6.95. The largest absolute Gasteiger partial charge is 0.327 e. The van der Waals surface area contributed by atoms with Crippen LogP contribution in [-0.2, 0) is 12.8 Å². The Hall–Kier alpha value is -1.32. The van der Waals surface area contributed by atoms with Crippen molar-refractivity contribution in [1.29, 1.82) is 0 Å². The first kappa shape index (κ1) is 13.7. The molecule has 0 bridgehead atoms. The molecule has 1 heterocycles. The van der Waals surface area contributed by atoms with Crippen LogP contribution in [0.1, 0.15) is 17.5 Å². The second-order valence-electron chi connectivity index (χ2n) is 5.38. The molecule has 2 N–H and O–H groups in total. The molecule has 0 radical (unpaired) electrons. The van der Waals surface area contributed by atoms with Crippen LogP contribution in [0.15, 0.2) is 53.4 Å². The molecule has 20 heavy (non-hydrogen) atoms. The molecule has 2 atom stereocenters. The standard InChI is InChI=1S/C17H18FNS/c18-14-6-3-4-12(8-14)9-15(19)11-16-10-13-5-1-2-7-17(13)20-16/h1-8,15-16H,9-11,19H2. The van der Waals surface area contributed by atoms with E-state index in [4.69, 9.17) is 5.73 Å². The van der Waals surface area contributed by atoms with E-state index in [1.165, 1.54) is 16.5 Å². The van der Waals surface area contributed by atoms with Gasteiger partial charge in [-0.15, -0.1) is 11.8 Å². The molecule has 1 aliphatic heterocycles. The van der Waals surface area contributed by atoms with Gasteiger partial charge in [-0.2, -0.15) is 0 Å². The Bertz CT molecular complexity index is 574. The van der Waals surface area contributed by atoms with Gasteiger partial charge in [0.2, 0.25) is 0 Å². The van der Waals surface area contributed by atoms with Gasteiger partial charge >= 0.3 is 0 Å². The number of nitrogens with two attached hydrogens (primary N) is 1. The highest BCUT2D eigenvalue weighted by Crippen LogP contribution is 2.38. The summed E-state index contributed by atoms with van der Waals surface area (Å²) >= 11 is 1.92. The van der Waals surface area contributed by atoms with Gasteiger partial charge in [0.1, 0.15) is 5.82 Å². The van der Waals surface area contributed by atoms with Crippen LogP contribution in [0, 0.1) is 5.82 Å². The molecule has 0 aliphatic carbocycles. The highest BCUT2D eigenvalue weighted by molar-refractivity contribution is 8.00. The summed E-state index contributed by atoms with van der Waals surface area (Å²) in [6, 6.07) is 15.4. The third-order valence-corrected chi connectivity index (χ3v) is 5.01. The fourth-order valence-corrected chi connectivity index (χ4v) is 4.20. The first-order valence-corrected chi connectivity index (χ1v) is 7.83. The Kier molecular flexibility index (Phi) is 4.08. The predicted molar refractivity (Wildman–Crippen MR) is 82.5 cm³/mol. The van der Waals surface area contributed by atoms with Gasteiger partial charge < -0.3 is 5.73 Å². The van der Waals surface area contributed by atoms with Crippen LogP contribution in [0.3, 0.4) is 0 Å². The monoisotopic (exact) mass is 287 g/mol. The highest BCUT2D eigenvalue weighted by Gasteiger charge is 2.23. The molecule has 1 aliphatic rings. The van der Waals surface area contributed by atoms with E-state index in [-0.39, 0.29) is 11.9 Å². The maximum atomic E-state index is 13.2. The summed E-state index contributed by atoms with van der Waals surface area (Å²) in [6.07, 6.45) is 2.80. The number of hydrogen-bond acceptors (Lipinski definition) is 2. The molecule has 0 aromatic heterocycles. The van der Waals surface area contributed by atoms with Crippen molar-refractivity contribution in [2.75, 3.05) is 0 Å². The summed E-state index contributed by atoms with van der Waals surface area (Å²) < 4.78 is 13.2. The van der Waals surface area contributed by atoms with Crippen molar-refractivity contribution in [2.45, 2.75) is 35.4 Å².